The molecule has 6 nitrogen and oxygen atoms in total. The van der Waals surface area contributed by atoms with Gasteiger partial charge in [-0.25, -0.2) is 4.21 Å². The fourth-order valence-corrected chi connectivity index (χ4v) is 9.69. The van der Waals surface area contributed by atoms with Crippen LogP contribution in [0.4, 0.5) is 5.69 Å². The lowest BCUT2D eigenvalue weighted by molar-refractivity contribution is -0.128. The summed E-state index contributed by atoms with van der Waals surface area (Å²) in [7, 11) is -2.96. The Bertz CT molecular complexity index is 1590. The predicted molar refractivity (Wildman–Crippen MR) is 180 cm³/mol. The number of halogens is 1. The second kappa shape index (κ2) is 12.2. The van der Waals surface area contributed by atoms with Crippen LogP contribution < -0.4 is 14.4 Å². The van der Waals surface area contributed by atoms with E-state index in [4.69, 9.17) is 16.3 Å². The molecule has 7 atom stereocenters. The van der Waals surface area contributed by atoms with Gasteiger partial charge in [-0.3, -0.25) is 14.3 Å². The fourth-order valence-electron chi connectivity index (χ4n) is 8.01. The number of anilines is 1. The van der Waals surface area contributed by atoms with Crippen LogP contribution in [-0.4, -0.2) is 46.7 Å². The van der Waals surface area contributed by atoms with E-state index in [1.807, 2.05) is 45.0 Å². The van der Waals surface area contributed by atoms with Gasteiger partial charge in [0.1, 0.15) is 11.5 Å². The van der Waals surface area contributed by atoms with Crippen molar-refractivity contribution in [1.82, 2.24) is 4.72 Å². The van der Waals surface area contributed by atoms with Crippen LogP contribution in [-0.2, 0) is 26.3 Å². The van der Waals surface area contributed by atoms with E-state index in [2.05, 4.69) is 33.7 Å². The largest absolute Gasteiger partial charge is 0.490 e. The quantitative estimate of drug-likeness (QED) is 0.276. The van der Waals surface area contributed by atoms with Crippen molar-refractivity contribution in [3.05, 3.63) is 70.3 Å². The Labute approximate surface area is 267 Å². The molecule has 4 aliphatic rings. The molecule has 1 fully saturated rings. The minimum atomic E-state index is -2.96. The summed E-state index contributed by atoms with van der Waals surface area (Å²) < 4.78 is 23.2. The average Bonchev–Trinajstić information content (AvgIpc) is 3.11. The third-order valence-corrected chi connectivity index (χ3v) is 13.3. The van der Waals surface area contributed by atoms with Gasteiger partial charge in [0.05, 0.1) is 22.0 Å². The highest BCUT2D eigenvalue weighted by Crippen LogP contribution is 2.46. The number of aryl methyl sites for hydroxylation is 1. The normalized spacial score (nSPS) is 34.4. The number of carbonyl (C=O) groups is 2. The zero-order chi connectivity index (χ0) is 31.2. The van der Waals surface area contributed by atoms with Crippen molar-refractivity contribution < 1.29 is 18.5 Å². The lowest BCUT2D eigenvalue weighted by Crippen LogP contribution is -2.49. The van der Waals surface area contributed by atoms with Crippen LogP contribution in [0.3, 0.4) is 0 Å². The molecule has 1 unspecified atom stereocenters. The average molecular weight is 637 g/mol. The number of hydrogen-bond donors (Lipinski definition) is 1. The van der Waals surface area contributed by atoms with E-state index in [9.17, 15) is 13.8 Å². The number of hydrogen-bond acceptors (Lipinski definition) is 5. The van der Waals surface area contributed by atoms with Crippen molar-refractivity contribution in [2.75, 3.05) is 24.6 Å². The van der Waals surface area contributed by atoms with Gasteiger partial charge in [-0.05, 0) is 117 Å². The molecular weight excluding hydrogens is 592 g/mol. The molecule has 1 spiro atoms. The molecule has 1 amide bonds. The summed E-state index contributed by atoms with van der Waals surface area (Å²) in [5, 5.41) is 0.385. The zero-order valence-corrected chi connectivity index (χ0v) is 27.7. The van der Waals surface area contributed by atoms with Gasteiger partial charge < -0.3 is 9.64 Å². The fraction of sp³-hybridized carbons (Fsp3) is 0.528. The Morgan fingerprint density at radius 2 is 1.98 bits per heavy atom. The lowest BCUT2D eigenvalue weighted by Gasteiger charge is -2.44. The van der Waals surface area contributed by atoms with Gasteiger partial charge in [0.2, 0.25) is 0 Å². The summed E-state index contributed by atoms with van der Waals surface area (Å²) in [6.45, 7) is 7.88. The molecule has 2 aliphatic carbocycles. The van der Waals surface area contributed by atoms with Gasteiger partial charge in [-0.15, -0.1) is 0 Å². The standard InChI is InChI=1S/C36H45ClN2O4S/c1-5-7-25-16-23(2)24(3)44(4,42)38-35(41)27-10-14-34-32(19-27)39(20-28-9-12-30(28)33(40)17-25)21-36(22-43-34)15-6-8-26-18-29(37)11-13-31(26)36/h5,7,10-11,13-14,18-19,23-25,28,30H,4,6,8-9,12,15-17,20-22H2,1-3H3,(H,38,41,42)/b7-5+/t23-,24+,25-,28-,30+,36-,44?/m0/s1. The lowest BCUT2D eigenvalue weighted by atomic mass is 9.68. The highest BCUT2D eigenvalue weighted by atomic mass is 35.5. The number of amides is 1. The molecule has 44 heavy (non-hydrogen) atoms. The van der Waals surface area contributed by atoms with Crippen molar-refractivity contribution in [3.63, 3.8) is 0 Å². The van der Waals surface area contributed by atoms with Crippen LogP contribution in [0.2, 0.25) is 5.02 Å². The van der Waals surface area contributed by atoms with E-state index in [0.717, 1.165) is 61.7 Å². The minimum absolute atomic E-state index is 0.000211. The minimum Gasteiger partial charge on any atom is -0.490 e. The summed E-state index contributed by atoms with van der Waals surface area (Å²) in [6, 6.07) is 11.7. The van der Waals surface area contributed by atoms with Crippen LogP contribution >= 0.6 is 11.6 Å². The highest BCUT2D eigenvalue weighted by Gasteiger charge is 2.44. The van der Waals surface area contributed by atoms with Gasteiger partial charge in [0.25, 0.3) is 5.91 Å². The molecule has 0 saturated heterocycles. The first-order valence-corrected chi connectivity index (χ1v) is 18.3. The van der Waals surface area contributed by atoms with Crippen molar-refractivity contribution in [2.24, 2.45) is 23.7 Å². The molecule has 1 saturated carbocycles. The maximum Gasteiger partial charge on any atom is 0.262 e. The van der Waals surface area contributed by atoms with E-state index in [1.54, 1.807) is 6.07 Å². The predicted octanol–water partition coefficient (Wildman–Crippen LogP) is 6.78. The summed E-state index contributed by atoms with van der Waals surface area (Å²) in [6.07, 6.45) is 10.3. The van der Waals surface area contributed by atoms with Crippen molar-refractivity contribution in [3.8, 4) is 5.75 Å². The number of ketones is 1. The number of allylic oxidation sites excluding steroid dienone is 2. The number of nitrogens with one attached hydrogen (secondary N) is 1. The summed E-state index contributed by atoms with van der Waals surface area (Å²) in [5.41, 5.74) is 3.59. The molecular formula is C36H45ClN2O4S. The van der Waals surface area contributed by atoms with E-state index in [-0.39, 0.29) is 34.3 Å². The maximum absolute atomic E-state index is 13.8. The molecule has 8 heteroatoms. The summed E-state index contributed by atoms with van der Waals surface area (Å²) in [4.78, 5) is 29.8. The monoisotopic (exact) mass is 636 g/mol. The SMILES string of the molecule is C=S1(=O)NC(=O)c2ccc3c(c2)N(C[C@@H]2CC[C@H]2C(=O)C[C@@H](/C=C/C)C[C@H](C)[C@H]1C)C[C@@]1(CCCc2cc(Cl)ccc21)CO3. The van der Waals surface area contributed by atoms with Gasteiger partial charge in [-0.2, -0.15) is 0 Å². The molecule has 2 bridgehead atoms. The Morgan fingerprint density at radius 1 is 1.16 bits per heavy atom. The summed E-state index contributed by atoms with van der Waals surface area (Å²) >= 11 is 6.42. The number of carbonyl (C=O) groups excluding carboxylic acids is 2. The number of fused-ring (bicyclic) bond motifs is 4. The Balaban J connectivity index is 1.42. The van der Waals surface area contributed by atoms with E-state index in [0.29, 0.717) is 30.8 Å². The van der Waals surface area contributed by atoms with E-state index in [1.165, 1.54) is 11.1 Å². The molecule has 2 heterocycles. The van der Waals surface area contributed by atoms with Gasteiger partial charge in [0, 0.05) is 46.7 Å². The Hall–Kier alpha value is -2.77. The van der Waals surface area contributed by atoms with Gasteiger partial charge >= 0.3 is 0 Å². The topological polar surface area (TPSA) is 75.7 Å². The smallest absolute Gasteiger partial charge is 0.262 e. The molecule has 0 aromatic heterocycles. The second-order valence-corrected chi connectivity index (χ2v) is 16.6. The third kappa shape index (κ3) is 5.94. The molecule has 2 aliphatic heterocycles. The van der Waals surface area contributed by atoms with E-state index >= 15 is 0 Å². The molecule has 1 N–H and O–H groups in total. The number of Topliss-reactive ketones (excluding diaryl/α,β-unsaturated/α-hetero) is 1. The Kier molecular flexibility index (Phi) is 8.66. The van der Waals surface area contributed by atoms with Gasteiger partial charge in [0.15, 0.2) is 0 Å². The van der Waals surface area contributed by atoms with Crippen LogP contribution in [0.5, 0.6) is 5.75 Å². The number of benzene rings is 2. The van der Waals surface area contributed by atoms with Crippen LogP contribution in [0.1, 0.15) is 80.8 Å². The number of rotatable bonds is 1. The first-order valence-electron chi connectivity index (χ1n) is 16.1. The van der Waals surface area contributed by atoms with Crippen molar-refractivity contribution >= 4 is 44.6 Å². The van der Waals surface area contributed by atoms with Crippen molar-refractivity contribution in [1.29, 1.82) is 0 Å². The molecule has 6 rings (SSSR count). The molecule has 2 aromatic carbocycles. The van der Waals surface area contributed by atoms with Crippen molar-refractivity contribution in [2.45, 2.75) is 76.4 Å². The van der Waals surface area contributed by atoms with Gasteiger partial charge in [-0.1, -0.05) is 36.7 Å². The molecule has 2 aromatic rings. The highest BCUT2D eigenvalue weighted by molar-refractivity contribution is 7.99. The van der Waals surface area contributed by atoms with E-state index < -0.39 is 15.6 Å². The third-order valence-electron chi connectivity index (χ3n) is 10.9. The first-order chi connectivity index (χ1) is 21.0. The second-order valence-electron chi connectivity index (χ2n) is 13.8. The van der Waals surface area contributed by atoms with Crippen LogP contribution in [0, 0.1) is 23.7 Å². The number of ether oxygens (including phenoxy) is 1. The maximum atomic E-state index is 13.8. The molecule has 0 radical (unpaired) electrons. The zero-order valence-electron chi connectivity index (χ0n) is 26.2. The Morgan fingerprint density at radius 3 is 2.73 bits per heavy atom. The molecule has 236 valence electrons. The summed E-state index contributed by atoms with van der Waals surface area (Å²) in [5.74, 6) is 4.98. The van der Waals surface area contributed by atoms with Crippen LogP contribution in [0.15, 0.2) is 48.6 Å². The first kappa shape index (κ1) is 31.2. The number of nitrogens with zero attached hydrogens (tertiary/aromatic N) is 1. The van der Waals surface area contributed by atoms with Crippen LogP contribution in [0.25, 0.3) is 0 Å².